The van der Waals surface area contributed by atoms with Gasteiger partial charge in [0.2, 0.25) is 5.28 Å². The summed E-state index contributed by atoms with van der Waals surface area (Å²) in [6.45, 7) is 7.29. The van der Waals surface area contributed by atoms with Gasteiger partial charge >= 0.3 is 0 Å². The van der Waals surface area contributed by atoms with Crippen molar-refractivity contribution in [1.29, 1.82) is 0 Å². The van der Waals surface area contributed by atoms with E-state index in [1.165, 1.54) is 0 Å². The Bertz CT molecular complexity index is 1070. The van der Waals surface area contributed by atoms with Crippen molar-refractivity contribution in [2.24, 2.45) is 0 Å². The lowest BCUT2D eigenvalue weighted by Crippen LogP contribution is -2.11. The van der Waals surface area contributed by atoms with E-state index in [-0.39, 0.29) is 5.28 Å². The van der Waals surface area contributed by atoms with Crippen LogP contribution < -0.4 is 10.6 Å². The highest BCUT2D eigenvalue weighted by Crippen LogP contribution is 2.40. The highest BCUT2D eigenvalue weighted by molar-refractivity contribution is 9.10. The van der Waals surface area contributed by atoms with Crippen molar-refractivity contribution in [1.82, 2.24) is 19.9 Å². The number of anilines is 2. The normalized spacial score (nSPS) is 11.5. The molecule has 0 fully saturated rings. The molecule has 0 spiro atoms. The predicted molar refractivity (Wildman–Crippen MR) is 114 cm³/mol. The first kappa shape index (κ1) is 19.9. The zero-order chi connectivity index (χ0) is 19.8. The van der Waals surface area contributed by atoms with Crippen LogP contribution in [0.4, 0.5) is 11.5 Å². The number of benzene rings is 1. The molecule has 0 bridgehead atoms. The van der Waals surface area contributed by atoms with Crippen LogP contribution in [0.1, 0.15) is 11.4 Å². The van der Waals surface area contributed by atoms with E-state index < -0.39 is 7.14 Å². The third-order valence-corrected chi connectivity index (χ3v) is 6.33. The van der Waals surface area contributed by atoms with Crippen LogP contribution in [-0.2, 0) is 4.57 Å². The standard InChI is InChI=1S/C18H18BrClN5OP/c1-10-11(2)23-15(9-21-10)12-5-6-14(16(7-12)27(3,4)26)24-17-13(19)8-22-18(20)25-17/h5-9H,1-4H3,(H,22,24,25). The van der Waals surface area contributed by atoms with Crippen LogP contribution in [0, 0.1) is 13.8 Å². The SMILES string of the molecule is Cc1ncc(-c2ccc(Nc3nc(Cl)ncc3Br)c(P(C)(C)=O)c2)nc1C. The molecule has 2 heterocycles. The summed E-state index contributed by atoms with van der Waals surface area (Å²) in [6.07, 6.45) is 3.29. The maximum atomic E-state index is 12.9. The van der Waals surface area contributed by atoms with Gasteiger partial charge in [0, 0.05) is 17.1 Å². The monoisotopic (exact) mass is 465 g/mol. The molecule has 0 aliphatic rings. The Balaban J connectivity index is 2.08. The Hall–Kier alpha value is -1.82. The molecule has 0 atom stereocenters. The molecule has 3 rings (SSSR count). The molecule has 27 heavy (non-hydrogen) atoms. The lowest BCUT2D eigenvalue weighted by atomic mass is 10.1. The Morgan fingerprint density at radius 2 is 1.81 bits per heavy atom. The summed E-state index contributed by atoms with van der Waals surface area (Å²) in [5.74, 6) is 0.503. The van der Waals surface area contributed by atoms with Crippen molar-refractivity contribution in [3.8, 4) is 11.3 Å². The van der Waals surface area contributed by atoms with Crippen LogP contribution in [-0.4, -0.2) is 33.3 Å². The van der Waals surface area contributed by atoms with Crippen molar-refractivity contribution >= 4 is 51.5 Å². The van der Waals surface area contributed by atoms with Crippen molar-refractivity contribution in [2.75, 3.05) is 18.6 Å². The van der Waals surface area contributed by atoms with Gasteiger partial charge in [-0.2, -0.15) is 4.98 Å². The fraction of sp³-hybridized carbons (Fsp3) is 0.222. The lowest BCUT2D eigenvalue weighted by Gasteiger charge is -2.17. The lowest BCUT2D eigenvalue weighted by molar-refractivity contribution is 0.588. The van der Waals surface area contributed by atoms with E-state index in [9.17, 15) is 4.57 Å². The third kappa shape index (κ3) is 4.54. The third-order valence-electron chi connectivity index (χ3n) is 4.03. The summed E-state index contributed by atoms with van der Waals surface area (Å²) in [5.41, 5.74) is 4.05. The molecule has 140 valence electrons. The Labute approximate surface area is 171 Å². The molecule has 0 unspecified atom stereocenters. The molecule has 6 nitrogen and oxygen atoms in total. The fourth-order valence-corrected chi connectivity index (χ4v) is 4.07. The topological polar surface area (TPSA) is 80.7 Å². The molecule has 1 aromatic carbocycles. The second kappa shape index (κ2) is 7.66. The fourth-order valence-electron chi connectivity index (χ4n) is 2.48. The predicted octanol–water partition coefficient (Wildman–Crippen LogP) is 4.96. The van der Waals surface area contributed by atoms with Gasteiger partial charge in [-0.05, 0) is 66.8 Å². The molecule has 9 heteroatoms. The smallest absolute Gasteiger partial charge is 0.224 e. The number of nitrogens with zero attached hydrogens (tertiary/aromatic N) is 4. The Morgan fingerprint density at radius 1 is 1.07 bits per heavy atom. The molecule has 2 aromatic heterocycles. The minimum absolute atomic E-state index is 0.125. The first-order valence-corrected chi connectivity index (χ1v) is 11.9. The number of hydrogen-bond acceptors (Lipinski definition) is 6. The summed E-state index contributed by atoms with van der Waals surface area (Å²) in [4.78, 5) is 17.1. The van der Waals surface area contributed by atoms with E-state index >= 15 is 0 Å². The molecule has 0 saturated carbocycles. The average molecular weight is 467 g/mol. The summed E-state index contributed by atoms with van der Waals surface area (Å²) in [6, 6.07) is 5.67. The van der Waals surface area contributed by atoms with Gasteiger partial charge in [-0.25, -0.2) is 9.97 Å². The first-order valence-electron chi connectivity index (χ1n) is 8.10. The zero-order valence-corrected chi connectivity index (χ0v) is 18.5. The van der Waals surface area contributed by atoms with Crippen molar-refractivity contribution < 1.29 is 4.57 Å². The molecule has 3 aromatic rings. The second-order valence-corrected chi connectivity index (χ2v) is 10.8. The molecular formula is C18H18BrClN5OP. The van der Waals surface area contributed by atoms with E-state index in [0.29, 0.717) is 21.3 Å². The van der Waals surface area contributed by atoms with Gasteiger partial charge in [0.15, 0.2) is 0 Å². The molecule has 0 saturated heterocycles. The molecule has 1 N–H and O–H groups in total. The van der Waals surface area contributed by atoms with Crippen LogP contribution >= 0.6 is 34.7 Å². The molecule has 0 aliphatic heterocycles. The van der Waals surface area contributed by atoms with Gasteiger partial charge in [0.05, 0.1) is 33.4 Å². The number of aryl methyl sites for hydroxylation is 2. The quantitative estimate of drug-likeness (QED) is 0.432. The van der Waals surface area contributed by atoms with E-state index in [0.717, 1.165) is 22.6 Å². The van der Waals surface area contributed by atoms with Gasteiger partial charge in [0.25, 0.3) is 0 Å². The minimum Gasteiger partial charge on any atom is -0.339 e. The van der Waals surface area contributed by atoms with E-state index in [4.69, 9.17) is 11.6 Å². The maximum Gasteiger partial charge on any atom is 0.224 e. The maximum absolute atomic E-state index is 12.9. The van der Waals surface area contributed by atoms with Gasteiger partial charge in [-0.3, -0.25) is 4.98 Å². The Kier molecular flexibility index (Phi) is 5.65. The van der Waals surface area contributed by atoms with Crippen molar-refractivity contribution in [2.45, 2.75) is 13.8 Å². The van der Waals surface area contributed by atoms with Crippen LogP contribution in [0.5, 0.6) is 0 Å². The average Bonchev–Trinajstić information content (AvgIpc) is 2.60. The van der Waals surface area contributed by atoms with Gasteiger partial charge in [0.1, 0.15) is 13.0 Å². The van der Waals surface area contributed by atoms with E-state index in [1.807, 2.05) is 32.0 Å². The van der Waals surface area contributed by atoms with E-state index in [1.54, 1.807) is 25.7 Å². The van der Waals surface area contributed by atoms with Gasteiger partial charge in [-0.15, -0.1) is 0 Å². The summed E-state index contributed by atoms with van der Waals surface area (Å²) in [5, 5.41) is 4.02. The highest BCUT2D eigenvalue weighted by Gasteiger charge is 2.19. The van der Waals surface area contributed by atoms with Crippen LogP contribution in [0.15, 0.2) is 35.1 Å². The number of nitrogens with one attached hydrogen (secondary N) is 1. The highest BCUT2D eigenvalue weighted by atomic mass is 79.9. The summed E-state index contributed by atoms with van der Waals surface area (Å²) >= 11 is 9.29. The minimum atomic E-state index is -2.59. The Morgan fingerprint density at radius 3 is 2.48 bits per heavy atom. The van der Waals surface area contributed by atoms with Crippen LogP contribution in [0.2, 0.25) is 5.28 Å². The second-order valence-electron chi connectivity index (χ2n) is 6.47. The van der Waals surface area contributed by atoms with E-state index in [2.05, 4.69) is 41.2 Å². The molecule has 0 radical (unpaired) electrons. The molecule has 0 amide bonds. The summed E-state index contributed by atoms with van der Waals surface area (Å²) in [7, 11) is -2.59. The zero-order valence-electron chi connectivity index (χ0n) is 15.3. The number of halogens is 2. The number of aromatic nitrogens is 4. The summed E-state index contributed by atoms with van der Waals surface area (Å²) < 4.78 is 13.6. The largest absolute Gasteiger partial charge is 0.339 e. The number of hydrogen-bond donors (Lipinski definition) is 1. The van der Waals surface area contributed by atoms with Gasteiger partial charge in [-0.1, -0.05) is 6.07 Å². The van der Waals surface area contributed by atoms with Crippen LogP contribution in [0.25, 0.3) is 11.3 Å². The molecule has 0 aliphatic carbocycles. The molecular weight excluding hydrogens is 449 g/mol. The number of rotatable bonds is 4. The van der Waals surface area contributed by atoms with Gasteiger partial charge < -0.3 is 9.88 Å². The van der Waals surface area contributed by atoms with Crippen LogP contribution in [0.3, 0.4) is 0 Å². The van der Waals surface area contributed by atoms with Crippen molar-refractivity contribution in [3.05, 3.63) is 51.7 Å². The van der Waals surface area contributed by atoms with Crippen molar-refractivity contribution in [3.63, 3.8) is 0 Å². The first-order chi connectivity index (χ1) is 12.6.